The lowest BCUT2D eigenvalue weighted by Crippen LogP contribution is -2.05. The van der Waals surface area contributed by atoms with Crippen molar-refractivity contribution < 1.29 is 0 Å². The molecule has 0 spiro atoms. The van der Waals surface area contributed by atoms with Gasteiger partial charge in [-0.15, -0.1) is 22.7 Å². The van der Waals surface area contributed by atoms with Crippen molar-refractivity contribution in [3.05, 3.63) is 480 Å². The van der Waals surface area contributed by atoms with Gasteiger partial charge in [-0.25, -0.2) is 39.9 Å². The van der Waals surface area contributed by atoms with Crippen molar-refractivity contribution in [3.8, 4) is 74.1 Å². The zero-order valence-electron chi connectivity index (χ0n) is 77.6. The van der Waals surface area contributed by atoms with Crippen molar-refractivity contribution in [2.24, 2.45) is 0 Å². The summed E-state index contributed by atoms with van der Waals surface area (Å²) < 4.78 is 21.7. The van der Waals surface area contributed by atoms with E-state index in [1.807, 2.05) is 47.1 Å². The molecule has 0 amide bonds. The fraction of sp³-hybridized carbons (Fsp3) is 0.00787. The number of pyridine rings is 1. The van der Waals surface area contributed by atoms with Gasteiger partial charge in [-0.3, -0.25) is 13.7 Å². The van der Waals surface area contributed by atoms with Gasteiger partial charge in [0.1, 0.15) is 31.1 Å². The second kappa shape index (κ2) is 34.3. The summed E-state index contributed by atoms with van der Waals surface area (Å²) in [6.45, 7) is 2.12. The first-order valence-corrected chi connectivity index (χ1v) is 49.8. The Morgan fingerprint density at radius 3 is 0.993 bits per heavy atom. The Balaban J connectivity index is 0.0000000947. The number of hydrogen-bond donors (Lipinski definition) is 0. The molecule has 0 saturated carbocycles. The number of nitrogens with zero attached hydrogens (tertiary/aromatic N) is 15. The Bertz CT molecular complexity index is 10500. The molecule has 0 atom stereocenters. The maximum Gasteiger partial charge on any atom is 0.220 e. The van der Waals surface area contributed by atoms with Crippen LogP contribution < -0.4 is 0 Å². The number of hydrogen-bond acceptors (Lipinski definition) is 10. The number of thiophene rings is 2. The SMILES string of the molecule is Cc1ccc(-n2c3ccc(-c4ncncn4)cc3c3c4c5ccccc5n(-c5ccccc5)c4ccc32)cc1.c1ccc(-n2c(-n3c4ccccc4c4c5c(ccc43)sc3ccccc35)nc3ccccc32)cc1.c1ccc(-n2c3ccccc3c3c4c(ccc32)sc2ccccc24)nc1.c1ccc(-n2c3ccccc3c3c4c5cc(-c6cccc(-c7ncncn7)c6)ccc5n(-c5ccccc5)c4ccc32)cc1. The molecule has 0 unspecified atom stereocenters. The molecule has 0 aliphatic heterocycles. The zero-order chi connectivity index (χ0) is 95.0. The standard InChI is InChI=1S/C39H25N5.C34H23N5.C31H19N3S.C23H14N2S/c1-3-12-29(13-4-1)43-33-17-8-7-16-31(33)37-35(43)20-21-36-38(37)32-23-27(18-19-34(32)44(36)30-14-5-2-6-15-30)26-10-9-11-28(22-26)39-41-24-40-25-42-39;1-22-11-14-25(15-12-22)39-29-16-13-23(34-36-20-35-21-37-34)19-27(29)33-31(39)18-17-30-32(33)26-9-5-6-10-28(26)38(30)24-7-3-2-4-8-24;1-2-10-20(11-3-1)33-25-16-8-6-14-23(25)32-31(33)34-24-15-7-4-12-21(24)29-26(34)18-19-28-30(29)22-13-5-9-17-27(22)35-28;1-3-9-17-15(7-1)22-18(25(17)21-11-5-6-14-24-21)12-13-20-23(22)16-8-2-4-10-19(16)26-20/h1-25H;2-21H,1H3;1-19H;1-14H. The lowest BCUT2D eigenvalue weighted by atomic mass is 9.99. The number of benzene rings is 19. The normalized spacial score (nSPS) is 11.8. The molecule has 0 aliphatic carbocycles. The van der Waals surface area contributed by atoms with Crippen molar-refractivity contribution in [1.29, 1.82) is 0 Å². The molecule has 0 N–H and O–H groups in total. The number of fused-ring (bicyclic) bond motifs is 29. The molecule has 0 saturated heterocycles. The molecule has 12 aromatic heterocycles. The number of rotatable bonds is 10. The molecule has 12 heterocycles. The monoisotopic (exact) mass is 1880 g/mol. The highest BCUT2D eigenvalue weighted by atomic mass is 32.1. The molecular formula is C127H81N15S2. The molecule has 31 aromatic rings. The zero-order valence-corrected chi connectivity index (χ0v) is 79.2. The van der Waals surface area contributed by atoms with Gasteiger partial charge >= 0.3 is 0 Å². The van der Waals surface area contributed by atoms with Crippen LogP contribution in [-0.4, -0.2) is 71.8 Å². The first kappa shape index (κ1) is 83.2. The summed E-state index contributed by atoms with van der Waals surface area (Å²) in [5.74, 6) is 3.20. The van der Waals surface area contributed by atoms with E-state index in [-0.39, 0.29) is 0 Å². The summed E-state index contributed by atoms with van der Waals surface area (Å²) in [6, 6.07) is 158. The Hall–Kier alpha value is -18.9. The van der Waals surface area contributed by atoms with Crippen molar-refractivity contribution >= 4 is 205 Å². The number of para-hydroxylation sites is 10. The third-order valence-corrected chi connectivity index (χ3v) is 30.4. The highest BCUT2D eigenvalue weighted by molar-refractivity contribution is 7.26. The molecule has 19 aromatic carbocycles. The van der Waals surface area contributed by atoms with Crippen molar-refractivity contribution in [3.63, 3.8) is 0 Å². The second-order valence-corrected chi connectivity index (χ2v) is 38.4. The topological polar surface area (TPSA) is 138 Å². The van der Waals surface area contributed by atoms with Crippen molar-refractivity contribution in [2.45, 2.75) is 6.92 Å². The molecule has 144 heavy (non-hydrogen) atoms. The van der Waals surface area contributed by atoms with Gasteiger partial charge in [0.25, 0.3) is 0 Å². The average molecular weight is 1880 g/mol. The third kappa shape index (κ3) is 13.5. The summed E-state index contributed by atoms with van der Waals surface area (Å²) in [4.78, 5) is 35.4. The predicted molar refractivity (Wildman–Crippen MR) is 598 cm³/mol. The van der Waals surface area contributed by atoms with Crippen LogP contribution in [-0.2, 0) is 0 Å². The summed E-state index contributed by atoms with van der Waals surface area (Å²) in [5.41, 5.74) is 27.4. The Labute approximate surface area is 831 Å². The summed E-state index contributed by atoms with van der Waals surface area (Å²) in [5, 5.41) is 20.3. The Kier molecular flexibility index (Phi) is 19.8. The van der Waals surface area contributed by atoms with E-state index in [0.717, 1.165) is 84.5 Å². The molecular weight excluding hydrogens is 1800 g/mol. The number of aryl methyl sites for hydroxylation is 1. The van der Waals surface area contributed by atoms with Crippen molar-refractivity contribution in [1.82, 2.24) is 71.8 Å². The third-order valence-electron chi connectivity index (χ3n) is 28.2. The van der Waals surface area contributed by atoms with Gasteiger partial charge in [-0.05, 0) is 224 Å². The predicted octanol–water partition coefficient (Wildman–Crippen LogP) is 32.5. The first-order valence-electron chi connectivity index (χ1n) is 48.1. The molecule has 15 nitrogen and oxygen atoms in total. The minimum atomic E-state index is 0.666. The molecule has 0 radical (unpaired) electrons. The molecule has 0 fully saturated rings. The smallest absolute Gasteiger partial charge is 0.220 e. The summed E-state index contributed by atoms with van der Waals surface area (Å²) in [6.07, 6.45) is 8.03. The van der Waals surface area contributed by atoms with Crippen LogP contribution in [0.4, 0.5) is 0 Å². The summed E-state index contributed by atoms with van der Waals surface area (Å²) >= 11 is 3.73. The highest BCUT2D eigenvalue weighted by Crippen LogP contribution is 2.50. The van der Waals surface area contributed by atoms with Crippen LogP contribution in [0, 0.1) is 6.92 Å². The van der Waals surface area contributed by atoms with Gasteiger partial charge < -0.3 is 18.3 Å². The molecule has 0 bridgehead atoms. The quantitative estimate of drug-likeness (QED) is 0.132. The van der Waals surface area contributed by atoms with E-state index in [0.29, 0.717) is 11.6 Å². The van der Waals surface area contributed by atoms with E-state index >= 15 is 0 Å². The Morgan fingerprint density at radius 2 is 0.521 bits per heavy atom. The lowest BCUT2D eigenvalue weighted by Gasteiger charge is -2.12. The van der Waals surface area contributed by atoms with Gasteiger partial charge in [-0.1, -0.05) is 242 Å². The van der Waals surface area contributed by atoms with Crippen LogP contribution in [0.3, 0.4) is 0 Å². The molecule has 0 aliphatic rings. The van der Waals surface area contributed by atoms with Crippen LogP contribution in [0.25, 0.3) is 256 Å². The van der Waals surface area contributed by atoms with Crippen LogP contribution in [0.2, 0.25) is 0 Å². The second-order valence-electron chi connectivity index (χ2n) is 36.2. The summed E-state index contributed by atoms with van der Waals surface area (Å²) in [7, 11) is 0. The maximum atomic E-state index is 5.19. The highest BCUT2D eigenvalue weighted by Gasteiger charge is 2.28. The van der Waals surface area contributed by atoms with Gasteiger partial charge in [0.05, 0.1) is 77.2 Å². The van der Waals surface area contributed by atoms with Crippen molar-refractivity contribution in [2.75, 3.05) is 0 Å². The maximum absolute atomic E-state index is 5.19. The van der Waals surface area contributed by atoms with E-state index in [1.54, 1.807) is 12.7 Å². The van der Waals surface area contributed by atoms with E-state index in [2.05, 4.69) is 498 Å². The van der Waals surface area contributed by atoms with E-state index in [4.69, 9.17) is 4.98 Å². The van der Waals surface area contributed by atoms with E-state index < -0.39 is 0 Å². The molecule has 31 rings (SSSR count). The minimum absolute atomic E-state index is 0.666. The van der Waals surface area contributed by atoms with E-state index in [9.17, 15) is 0 Å². The minimum Gasteiger partial charge on any atom is -0.309 e. The number of imidazole rings is 1. The largest absolute Gasteiger partial charge is 0.309 e. The van der Waals surface area contributed by atoms with Gasteiger partial charge in [0.15, 0.2) is 11.6 Å². The van der Waals surface area contributed by atoms with Gasteiger partial charge in [0, 0.05) is 151 Å². The first-order chi connectivity index (χ1) is 71.4. The van der Waals surface area contributed by atoms with Crippen LogP contribution in [0.5, 0.6) is 0 Å². The van der Waals surface area contributed by atoms with Crippen LogP contribution in [0.15, 0.2) is 474 Å². The fourth-order valence-electron chi connectivity index (χ4n) is 22.1. The van der Waals surface area contributed by atoms with E-state index in [1.165, 1.54) is 178 Å². The Morgan fingerprint density at radius 1 is 0.194 bits per heavy atom. The fourth-order valence-corrected chi connectivity index (χ4v) is 24.3. The number of aromatic nitrogens is 15. The average Bonchev–Trinajstić information content (AvgIpc) is 1.54. The van der Waals surface area contributed by atoms with Gasteiger partial charge in [0.2, 0.25) is 5.95 Å². The molecule has 17 heteroatoms. The van der Waals surface area contributed by atoms with Crippen LogP contribution in [0.1, 0.15) is 5.56 Å². The molecule has 676 valence electrons. The van der Waals surface area contributed by atoms with Crippen LogP contribution >= 0.6 is 22.7 Å². The van der Waals surface area contributed by atoms with Gasteiger partial charge in [-0.2, -0.15) is 0 Å². The lowest BCUT2D eigenvalue weighted by molar-refractivity contribution is 0.956.